The van der Waals surface area contributed by atoms with E-state index < -0.39 is 10.0 Å². The molecule has 2 aliphatic rings. The molecule has 34 heavy (non-hydrogen) atoms. The maximum absolute atomic E-state index is 13.6. The highest BCUT2D eigenvalue weighted by Crippen LogP contribution is 2.33. The van der Waals surface area contributed by atoms with E-state index >= 15 is 0 Å². The van der Waals surface area contributed by atoms with Gasteiger partial charge in [-0.1, -0.05) is 44.2 Å². The van der Waals surface area contributed by atoms with Gasteiger partial charge in [0.15, 0.2) is 0 Å². The first-order valence-electron chi connectivity index (χ1n) is 12.3. The standard InChI is InChI=1S/C27H36N2O4S/c1-20-16-21(2)19-28(18-20)34(31,32)26-17-23(12-14-25(26)33-3)27(30)29-15-7-10-24(29)13-11-22-8-5-4-6-9-22/h4-6,8-9,12,14,17,20-21,24H,7,10-11,13,15-16,18-19H2,1-3H3. The lowest BCUT2D eigenvalue weighted by molar-refractivity contribution is 0.0730. The van der Waals surface area contributed by atoms with E-state index in [2.05, 4.69) is 26.0 Å². The van der Waals surface area contributed by atoms with Crippen molar-refractivity contribution in [1.82, 2.24) is 9.21 Å². The van der Waals surface area contributed by atoms with Gasteiger partial charge >= 0.3 is 0 Å². The molecule has 0 saturated carbocycles. The van der Waals surface area contributed by atoms with Crippen molar-refractivity contribution in [2.75, 3.05) is 26.7 Å². The molecule has 3 unspecified atom stereocenters. The number of likely N-dealkylation sites (tertiary alicyclic amines) is 1. The zero-order chi connectivity index (χ0) is 24.3. The van der Waals surface area contributed by atoms with Gasteiger partial charge in [0.05, 0.1) is 7.11 Å². The molecule has 184 valence electrons. The van der Waals surface area contributed by atoms with E-state index in [0.29, 0.717) is 37.0 Å². The van der Waals surface area contributed by atoms with E-state index in [9.17, 15) is 13.2 Å². The van der Waals surface area contributed by atoms with E-state index in [-0.39, 0.29) is 22.6 Å². The summed E-state index contributed by atoms with van der Waals surface area (Å²) in [6.07, 6.45) is 4.78. The summed E-state index contributed by atoms with van der Waals surface area (Å²) in [5, 5.41) is 0. The van der Waals surface area contributed by atoms with Crippen LogP contribution in [0.2, 0.25) is 0 Å². The minimum Gasteiger partial charge on any atom is -0.495 e. The third kappa shape index (κ3) is 5.31. The number of methoxy groups -OCH3 is 1. The maximum Gasteiger partial charge on any atom is 0.254 e. The molecule has 1 amide bonds. The fourth-order valence-corrected chi connectivity index (χ4v) is 7.36. The Labute approximate surface area is 204 Å². The normalized spacial score (nSPS) is 23.7. The number of aryl methyl sites for hydroxylation is 1. The Morgan fingerprint density at radius 1 is 1.06 bits per heavy atom. The van der Waals surface area contributed by atoms with Crippen LogP contribution in [0.5, 0.6) is 5.75 Å². The highest BCUT2D eigenvalue weighted by Gasteiger charge is 2.35. The number of nitrogens with zero attached hydrogens (tertiary/aromatic N) is 2. The summed E-state index contributed by atoms with van der Waals surface area (Å²) in [5.41, 5.74) is 1.67. The Kier molecular flexibility index (Phi) is 7.63. The monoisotopic (exact) mass is 484 g/mol. The van der Waals surface area contributed by atoms with Gasteiger partial charge in [-0.05, 0) is 67.7 Å². The minimum atomic E-state index is -3.77. The molecule has 0 N–H and O–H groups in total. The van der Waals surface area contributed by atoms with Crippen molar-refractivity contribution in [1.29, 1.82) is 0 Å². The molecule has 2 fully saturated rings. The lowest BCUT2D eigenvalue weighted by Gasteiger charge is -2.34. The summed E-state index contributed by atoms with van der Waals surface area (Å²) in [4.78, 5) is 15.5. The SMILES string of the molecule is COc1ccc(C(=O)N2CCCC2CCc2ccccc2)cc1S(=O)(=O)N1CC(C)CC(C)C1. The number of ether oxygens (including phenoxy) is 1. The highest BCUT2D eigenvalue weighted by molar-refractivity contribution is 7.89. The molecule has 2 aliphatic heterocycles. The van der Waals surface area contributed by atoms with E-state index in [1.165, 1.54) is 18.7 Å². The second kappa shape index (κ2) is 10.5. The van der Waals surface area contributed by atoms with Gasteiger partial charge < -0.3 is 9.64 Å². The van der Waals surface area contributed by atoms with Crippen molar-refractivity contribution in [3.63, 3.8) is 0 Å². The van der Waals surface area contributed by atoms with Crippen LogP contribution in [0.1, 0.15) is 55.5 Å². The molecule has 0 spiro atoms. The fraction of sp³-hybridized carbons (Fsp3) is 0.519. The van der Waals surface area contributed by atoms with Gasteiger partial charge in [-0.2, -0.15) is 4.31 Å². The van der Waals surface area contributed by atoms with Crippen molar-refractivity contribution in [3.8, 4) is 5.75 Å². The molecule has 0 aromatic heterocycles. The summed E-state index contributed by atoms with van der Waals surface area (Å²) in [6.45, 7) is 5.84. The van der Waals surface area contributed by atoms with E-state index in [0.717, 1.165) is 32.1 Å². The van der Waals surface area contributed by atoms with Gasteiger partial charge in [0.2, 0.25) is 10.0 Å². The Morgan fingerprint density at radius 3 is 2.44 bits per heavy atom. The van der Waals surface area contributed by atoms with Crippen molar-refractivity contribution in [2.24, 2.45) is 11.8 Å². The van der Waals surface area contributed by atoms with Crippen LogP contribution in [0.3, 0.4) is 0 Å². The van der Waals surface area contributed by atoms with Crippen molar-refractivity contribution in [2.45, 2.75) is 56.9 Å². The van der Waals surface area contributed by atoms with Crippen LogP contribution in [0.15, 0.2) is 53.4 Å². The lowest BCUT2D eigenvalue weighted by Crippen LogP contribution is -2.42. The van der Waals surface area contributed by atoms with Crippen LogP contribution in [0.25, 0.3) is 0 Å². The highest BCUT2D eigenvalue weighted by atomic mass is 32.2. The fourth-order valence-electron chi connectivity index (χ4n) is 5.50. The third-order valence-electron chi connectivity index (χ3n) is 7.11. The first kappa shape index (κ1) is 24.7. The van der Waals surface area contributed by atoms with Gasteiger partial charge in [-0.25, -0.2) is 8.42 Å². The number of benzene rings is 2. The second-order valence-corrected chi connectivity index (χ2v) is 11.9. The number of carbonyl (C=O) groups excluding carboxylic acids is 1. The average molecular weight is 485 g/mol. The number of rotatable bonds is 7. The van der Waals surface area contributed by atoms with Crippen LogP contribution in [-0.2, 0) is 16.4 Å². The maximum atomic E-state index is 13.6. The lowest BCUT2D eigenvalue weighted by atomic mass is 9.94. The van der Waals surface area contributed by atoms with Gasteiger partial charge in [-0.3, -0.25) is 4.79 Å². The minimum absolute atomic E-state index is 0.0854. The predicted octanol–water partition coefficient (Wildman–Crippen LogP) is 4.60. The summed E-state index contributed by atoms with van der Waals surface area (Å²) in [6, 6.07) is 15.3. The van der Waals surface area contributed by atoms with Crippen molar-refractivity contribution >= 4 is 15.9 Å². The van der Waals surface area contributed by atoms with Crippen LogP contribution < -0.4 is 4.74 Å². The zero-order valence-corrected chi connectivity index (χ0v) is 21.3. The Hall–Kier alpha value is -2.38. The number of carbonyl (C=O) groups is 1. The van der Waals surface area contributed by atoms with Crippen LogP contribution in [0, 0.1) is 11.8 Å². The van der Waals surface area contributed by atoms with Gasteiger partial charge in [0.1, 0.15) is 10.6 Å². The van der Waals surface area contributed by atoms with E-state index in [4.69, 9.17) is 4.74 Å². The molecule has 6 nitrogen and oxygen atoms in total. The van der Waals surface area contributed by atoms with Crippen LogP contribution >= 0.6 is 0 Å². The smallest absolute Gasteiger partial charge is 0.254 e. The molecule has 0 aliphatic carbocycles. The summed E-state index contributed by atoms with van der Waals surface area (Å²) >= 11 is 0. The molecule has 2 saturated heterocycles. The van der Waals surface area contributed by atoms with Crippen molar-refractivity contribution in [3.05, 3.63) is 59.7 Å². The summed E-state index contributed by atoms with van der Waals surface area (Å²) < 4.78 is 34.2. The van der Waals surface area contributed by atoms with Crippen LogP contribution in [-0.4, -0.2) is 56.3 Å². The topological polar surface area (TPSA) is 66.9 Å². The summed E-state index contributed by atoms with van der Waals surface area (Å²) in [5.74, 6) is 0.771. The molecule has 7 heteroatoms. The number of sulfonamides is 1. The molecule has 4 rings (SSSR count). The number of hydrogen-bond acceptors (Lipinski definition) is 4. The molecule has 2 heterocycles. The molecular weight excluding hydrogens is 448 g/mol. The number of piperidine rings is 1. The molecule has 0 radical (unpaired) electrons. The van der Waals surface area contributed by atoms with E-state index in [1.54, 1.807) is 16.4 Å². The van der Waals surface area contributed by atoms with Gasteiger partial charge in [0.25, 0.3) is 5.91 Å². The Bertz CT molecular complexity index is 1090. The predicted molar refractivity (Wildman–Crippen MR) is 134 cm³/mol. The third-order valence-corrected chi connectivity index (χ3v) is 8.96. The first-order valence-corrected chi connectivity index (χ1v) is 13.8. The van der Waals surface area contributed by atoms with Crippen LogP contribution in [0.4, 0.5) is 0 Å². The number of amides is 1. The molecular formula is C27H36N2O4S. The second-order valence-electron chi connectivity index (χ2n) is 9.95. The molecule has 2 aromatic carbocycles. The largest absolute Gasteiger partial charge is 0.495 e. The van der Waals surface area contributed by atoms with Crippen molar-refractivity contribution < 1.29 is 17.9 Å². The Morgan fingerprint density at radius 2 is 1.76 bits per heavy atom. The Balaban J connectivity index is 1.56. The zero-order valence-electron chi connectivity index (χ0n) is 20.4. The van der Waals surface area contributed by atoms with E-state index in [1.807, 2.05) is 23.1 Å². The quantitative estimate of drug-likeness (QED) is 0.576. The van der Waals surface area contributed by atoms with Gasteiger partial charge in [0, 0.05) is 31.2 Å². The summed E-state index contributed by atoms with van der Waals surface area (Å²) in [7, 11) is -2.30. The van der Waals surface area contributed by atoms with Gasteiger partial charge in [-0.15, -0.1) is 0 Å². The molecule has 3 atom stereocenters. The number of hydrogen-bond donors (Lipinski definition) is 0. The molecule has 2 aromatic rings. The molecule has 0 bridgehead atoms. The first-order chi connectivity index (χ1) is 16.3. The average Bonchev–Trinajstić information content (AvgIpc) is 3.30.